The van der Waals surface area contributed by atoms with E-state index in [1.807, 2.05) is 85.8 Å². The van der Waals surface area contributed by atoms with Gasteiger partial charge in [0.1, 0.15) is 5.52 Å². The Bertz CT molecular complexity index is 1470. The number of nitrogens with zero attached hydrogens (tertiary/aromatic N) is 6. The molecule has 0 bridgehead atoms. The molecule has 5 rings (SSSR count). The molecule has 0 spiro atoms. The third-order valence-corrected chi connectivity index (χ3v) is 4.83. The first-order valence-corrected chi connectivity index (χ1v) is 9.81. The van der Waals surface area contributed by atoms with Gasteiger partial charge in [0.25, 0.3) is 0 Å². The summed E-state index contributed by atoms with van der Waals surface area (Å²) in [5, 5.41) is 13.1. The van der Waals surface area contributed by atoms with Gasteiger partial charge in [0.2, 0.25) is 5.43 Å². The maximum atomic E-state index is 12.9. The SMILES string of the molecule is Cc1cccc(-n2ccc(=O)c(/C(=N\c3ccccc3)n3nnc4ccccc43)n2)c1. The van der Waals surface area contributed by atoms with Crippen LogP contribution in [0, 0.1) is 6.92 Å². The lowest BCUT2D eigenvalue weighted by Crippen LogP contribution is -2.27. The van der Waals surface area contributed by atoms with Crippen molar-refractivity contribution in [2.24, 2.45) is 4.99 Å². The van der Waals surface area contributed by atoms with Gasteiger partial charge in [-0.25, -0.2) is 9.67 Å². The topological polar surface area (TPSA) is 78.0 Å². The normalized spacial score (nSPS) is 11.7. The molecule has 0 saturated heterocycles. The van der Waals surface area contributed by atoms with E-state index in [-0.39, 0.29) is 11.1 Å². The fourth-order valence-corrected chi connectivity index (χ4v) is 3.33. The Morgan fingerprint density at radius 2 is 1.71 bits per heavy atom. The summed E-state index contributed by atoms with van der Waals surface area (Å²) in [4.78, 5) is 17.7. The number of rotatable bonds is 3. The van der Waals surface area contributed by atoms with Gasteiger partial charge in [0.05, 0.1) is 16.9 Å². The molecule has 0 unspecified atom stereocenters. The van der Waals surface area contributed by atoms with Gasteiger partial charge in [-0.05, 0) is 48.9 Å². The Morgan fingerprint density at radius 3 is 2.55 bits per heavy atom. The Hall–Kier alpha value is -4.39. The van der Waals surface area contributed by atoms with Crippen molar-refractivity contribution < 1.29 is 0 Å². The monoisotopic (exact) mass is 406 g/mol. The van der Waals surface area contributed by atoms with Crippen molar-refractivity contribution in [1.82, 2.24) is 24.8 Å². The Morgan fingerprint density at radius 1 is 0.903 bits per heavy atom. The molecule has 2 aromatic heterocycles. The molecule has 0 atom stereocenters. The van der Waals surface area contributed by atoms with Crippen molar-refractivity contribution in [3.8, 4) is 5.69 Å². The second-order valence-electron chi connectivity index (χ2n) is 7.07. The molecule has 0 N–H and O–H groups in total. The lowest BCUT2D eigenvalue weighted by atomic mass is 10.2. The van der Waals surface area contributed by atoms with Crippen LogP contribution in [0.4, 0.5) is 5.69 Å². The first-order valence-electron chi connectivity index (χ1n) is 9.81. The predicted molar refractivity (Wildman–Crippen MR) is 120 cm³/mol. The molecule has 7 nitrogen and oxygen atoms in total. The molecule has 0 aliphatic carbocycles. The lowest BCUT2D eigenvalue weighted by molar-refractivity contribution is 0.806. The van der Waals surface area contributed by atoms with Crippen molar-refractivity contribution >= 4 is 22.6 Å². The molecule has 31 heavy (non-hydrogen) atoms. The first kappa shape index (κ1) is 18.6. The molecule has 5 aromatic rings. The van der Waals surface area contributed by atoms with Gasteiger partial charge in [0, 0.05) is 12.3 Å². The van der Waals surface area contributed by atoms with Crippen LogP contribution in [-0.4, -0.2) is 30.6 Å². The zero-order chi connectivity index (χ0) is 21.2. The third kappa shape index (κ3) is 3.64. The molecular formula is C24H18N6O. The van der Waals surface area contributed by atoms with E-state index in [0.717, 1.165) is 16.8 Å². The molecule has 150 valence electrons. The fourth-order valence-electron chi connectivity index (χ4n) is 3.33. The summed E-state index contributed by atoms with van der Waals surface area (Å²) in [6.07, 6.45) is 1.65. The molecule has 2 heterocycles. The highest BCUT2D eigenvalue weighted by molar-refractivity contribution is 6.03. The summed E-state index contributed by atoms with van der Waals surface area (Å²) in [5.74, 6) is 0.312. The minimum absolute atomic E-state index is 0.184. The maximum absolute atomic E-state index is 12.9. The van der Waals surface area contributed by atoms with Crippen molar-refractivity contribution in [3.05, 3.63) is 113 Å². The van der Waals surface area contributed by atoms with E-state index < -0.39 is 0 Å². The summed E-state index contributed by atoms with van der Waals surface area (Å²) in [6, 6.07) is 26.3. The van der Waals surface area contributed by atoms with Crippen molar-refractivity contribution in [2.75, 3.05) is 0 Å². The summed E-state index contributed by atoms with van der Waals surface area (Å²) < 4.78 is 3.23. The standard InChI is InChI=1S/C24H18N6O/c1-17-8-7-11-19(16-17)29-15-14-22(31)23(27-29)24(25-18-9-3-2-4-10-18)30-21-13-6-5-12-20(21)26-28-30/h2-16H,1H3/b25-24+. The zero-order valence-corrected chi connectivity index (χ0v) is 16.8. The van der Waals surface area contributed by atoms with Crippen LogP contribution in [0.1, 0.15) is 11.3 Å². The van der Waals surface area contributed by atoms with Gasteiger partial charge in [-0.3, -0.25) is 4.79 Å². The number of aliphatic imine (C=N–C) groups is 1. The number of hydrogen-bond acceptors (Lipinski definition) is 5. The fraction of sp³-hybridized carbons (Fsp3) is 0.0417. The molecule has 0 aliphatic heterocycles. The summed E-state index contributed by atoms with van der Waals surface area (Å²) in [7, 11) is 0. The van der Waals surface area contributed by atoms with Crippen LogP contribution in [0.25, 0.3) is 16.7 Å². The number of para-hydroxylation sites is 2. The van der Waals surface area contributed by atoms with Crippen LogP contribution in [0.15, 0.2) is 101 Å². The number of hydrogen-bond donors (Lipinski definition) is 0. The van der Waals surface area contributed by atoms with Crippen LogP contribution in [0.5, 0.6) is 0 Å². The molecule has 0 amide bonds. The Labute approximate surface area is 177 Å². The average molecular weight is 406 g/mol. The van der Waals surface area contributed by atoms with E-state index in [2.05, 4.69) is 15.4 Å². The van der Waals surface area contributed by atoms with Crippen LogP contribution >= 0.6 is 0 Å². The van der Waals surface area contributed by atoms with Gasteiger partial charge >= 0.3 is 0 Å². The number of benzene rings is 3. The van der Waals surface area contributed by atoms with Gasteiger partial charge in [-0.1, -0.05) is 47.7 Å². The van der Waals surface area contributed by atoms with Gasteiger partial charge < -0.3 is 0 Å². The van der Waals surface area contributed by atoms with E-state index >= 15 is 0 Å². The summed E-state index contributed by atoms with van der Waals surface area (Å²) in [5.41, 5.74) is 4.01. The second kappa shape index (κ2) is 7.79. The third-order valence-electron chi connectivity index (χ3n) is 4.83. The van der Waals surface area contributed by atoms with Crippen LogP contribution in [0.2, 0.25) is 0 Å². The predicted octanol–water partition coefficient (Wildman–Crippen LogP) is 3.91. The van der Waals surface area contributed by atoms with Crippen LogP contribution in [-0.2, 0) is 0 Å². The Kier molecular flexibility index (Phi) is 4.68. The lowest BCUT2D eigenvalue weighted by Gasteiger charge is -2.10. The molecule has 3 aromatic carbocycles. The smallest absolute Gasteiger partial charge is 0.211 e. The quantitative estimate of drug-likeness (QED) is 0.336. The number of aromatic nitrogens is 5. The van der Waals surface area contributed by atoms with Crippen molar-refractivity contribution in [2.45, 2.75) is 6.92 Å². The molecule has 0 saturated carbocycles. The number of aryl methyl sites for hydroxylation is 1. The zero-order valence-electron chi connectivity index (χ0n) is 16.8. The van der Waals surface area contributed by atoms with Crippen LogP contribution < -0.4 is 5.43 Å². The van der Waals surface area contributed by atoms with Crippen LogP contribution in [0.3, 0.4) is 0 Å². The molecular weight excluding hydrogens is 388 g/mol. The molecule has 0 aliphatic rings. The van der Waals surface area contributed by atoms with Gasteiger partial charge in [-0.2, -0.15) is 9.78 Å². The minimum Gasteiger partial charge on any atom is -0.287 e. The van der Waals surface area contributed by atoms with E-state index in [1.165, 1.54) is 6.07 Å². The average Bonchev–Trinajstić information content (AvgIpc) is 3.23. The largest absolute Gasteiger partial charge is 0.287 e. The van der Waals surface area contributed by atoms with E-state index in [1.54, 1.807) is 15.6 Å². The van der Waals surface area contributed by atoms with Crippen molar-refractivity contribution in [3.63, 3.8) is 0 Å². The number of fused-ring (bicyclic) bond motifs is 1. The Balaban J connectivity index is 1.75. The van der Waals surface area contributed by atoms with Crippen molar-refractivity contribution in [1.29, 1.82) is 0 Å². The first-order chi connectivity index (χ1) is 15.2. The summed E-state index contributed by atoms with van der Waals surface area (Å²) in [6.45, 7) is 2.01. The second-order valence-corrected chi connectivity index (χ2v) is 7.07. The van der Waals surface area contributed by atoms with Gasteiger partial charge in [0.15, 0.2) is 11.5 Å². The van der Waals surface area contributed by atoms with E-state index in [9.17, 15) is 4.79 Å². The highest BCUT2D eigenvalue weighted by atomic mass is 16.1. The molecule has 0 fully saturated rings. The molecule has 0 radical (unpaired) electrons. The highest BCUT2D eigenvalue weighted by Gasteiger charge is 2.18. The van der Waals surface area contributed by atoms with E-state index in [4.69, 9.17) is 4.99 Å². The minimum atomic E-state index is -0.252. The van der Waals surface area contributed by atoms with Gasteiger partial charge in [-0.15, -0.1) is 5.10 Å². The maximum Gasteiger partial charge on any atom is 0.211 e. The van der Waals surface area contributed by atoms with E-state index in [0.29, 0.717) is 17.0 Å². The molecule has 7 heteroatoms. The summed E-state index contributed by atoms with van der Waals surface area (Å²) >= 11 is 0. The highest BCUT2D eigenvalue weighted by Crippen LogP contribution is 2.16.